The van der Waals surface area contributed by atoms with Crippen molar-refractivity contribution in [3.05, 3.63) is 63.7 Å². The number of esters is 1. The van der Waals surface area contributed by atoms with E-state index >= 15 is 0 Å². The normalized spacial score (nSPS) is 11.1. The zero-order valence-electron chi connectivity index (χ0n) is 13.6. The third kappa shape index (κ3) is 4.03. The van der Waals surface area contributed by atoms with E-state index in [1.165, 1.54) is 26.4 Å². The van der Waals surface area contributed by atoms with Crippen molar-refractivity contribution in [1.82, 2.24) is 0 Å². The molecule has 0 aromatic heterocycles. The van der Waals surface area contributed by atoms with Crippen LogP contribution < -0.4 is 10.1 Å². The van der Waals surface area contributed by atoms with Gasteiger partial charge in [-0.1, -0.05) is 6.07 Å². The van der Waals surface area contributed by atoms with Crippen LogP contribution in [0, 0.1) is 21.4 Å². The Labute approximate surface area is 143 Å². The molecule has 2 rings (SSSR count). The van der Waals surface area contributed by atoms with Crippen LogP contribution in [0.2, 0.25) is 0 Å². The smallest absolute Gasteiger partial charge is 0.332 e. The fourth-order valence-corrected chi connectivity index (χ4v) is 2.23. The summed E-state index contributed by atoms with van der Waals surface area (Å²) in [5.41, 5.74) is 1.13. The van der Waals surface area contributed by atoms with Gasteiger partial charge < -0.3 is 14.8 Å². The first-order valence-corrected chi connectivity index (χ1v) is 7.17. The second kappa shape index (κ2) is 7.79. The molecule has 0 radical (unpaired) electrons. The van der Waals surface area contributed by atoms with E-state index in [2.05, 4.69) is 5.32 Å². The summed E-state index contributed by atoms with van der Waals surface area (Å²) < 4.78 is 9.75. The molecule has 0 bridgehead atoms. The molecule has 2 aromatic carbocycles. The van der Waals surface area contributed by atoms with Gasteiger partial charge in [0.05, 0.1) is 30.8 Å². The van der Waals surface area contributed by atoms with Crippen molar-refractivity contribution in [2.75, 3.05) is 19.5 Å². The highest BCUT2D eigenvalue weighted by atomic mass is 16.6. The Morgan fingerprint density at radius 2 is 1.92 bits per heavy atom. The van der Waals surface area contributed by atoms with Gasteiger partial charge in [-0.3, -0.25) is 10.1 Å². The fraction of sp³-hybridized carbons (Fsp3) is 0.176. The summed E-state index contributed by atoms with van der Waals surface area (Å²) in [5, 5.41) is 23.0. The van der Waals surface area contributed by atoms with Crippen molar-refractivity contribution in [3.8, 4) is 11.8 Å². The topological polar surface area (TPSA) is 114 Å². The minimum absolute atomic E-state index is 0.0933. The highest BCUT2D eigenvalue weighted by Crippen LogP contribution is 2.31. The number of methoxy groups -OCH3 is 2. The zero-order chi connectivity index (χ0) is 18.4. The quantitative estimate of drug-likeness (QED) is 0.488. The lowest BCUT2D eigenvalue weighted by molar-refractivity contribution is -0.385. The maximum Gasteiger partial charge on any atom is 0.332 e. The SMILES string of the molecule is COC(=O)C(Nc1ccc(C#N)cc1)c1ccc(OC)c([N+](=O)[O-])c1. The average Bonchev–Trinajstić information content (AvgIpc) is 2.65. The van der Waals surface area contributed by atoms with Gasteiger partial charge in [0.2, 0.25) is 0 Å². The first-order chi connectivity index (χ1) is 12.0. The summed E-state index contributed by atoms with van der Waals surface area (Å²) in [6.45, 7) is 0. The van der Waals surface area contributed by atoms with Crippen LogP contribution in [0.3, 0.4) is 0 Å². The summed E-state index contributed by atoms with van der Waals surface area (Å²) in [6.07, 6.45) is 0. The minimum Gasteiger partial charge on any atom is -0.490 e. The van der Waals surface area contributed by atoms with E-state index in [0.29, 0.717) is 16.8 Å². The molecule has 0 aliphatic carbocycles. The van der Waals surface area contributed by atoms with Gasteiger partial charge in [0.25, 0.3) is 0 Å². The van der Waals surface area contributed by atoms with Crippen LogP contribution >= 0.6 is 0 Å². The second-order valence-corrected chi connectivity index (χ2v) is 4.98. The molecular formula is C17H15N3O5. The Morgan fingerprint density at radius 1 is 1.24 bits per heavy atom. The lowest BCUT2D eigenvalue weighted by Crippen LogP contribution is -2.22. The third-order valence-corrected chi connectivity index (χ3v) is 3.49. The number of nitrogens with one attached hydrogen (secondary N) is 1. The number of ether oxygens (including phenoxy) is 2. The number of nitro benzene ring substituents is 1. The monoisotopic (exact) mass is 341 g/mol. The van der Waals surface area contributed by atoms with Crippen molar-refractivity contribution in [3.63, 3.8) is 0 Å². The van der Waals surface area contributed by atoms with Crippen LogP contribution in [-0.4, -0.2) is 25.1 Å². The molecule has 1 atom stereocenters. The first-order valence-electron chi connectivity index (χ1n) is 7.17. The molecule has 1 N–H and O–H groups in total. The Bertz CT molecular complexity index is 827. The van der Waals surface area contributed by atoms with Gasteiger partial charge in [0.15, 0.2) is 11.8 Å². The van der Waals surface area contributed by atoms with E-state index in [1.807, 2.05) is 6.07 Å². The van der Waals surface area contributed by atoms with Crippen molar-refractivity contribution < 1.29 is 19.2 Å². The van der Waals surface area contributed by atoms with E-state index in [9.17, 15) is 14.9 Å². The molecule has 0 heterocycles. The molecule has 25 heavy (non-hydrogen) atoms. The van der Waals surface area contributed by atoms with E-state index in [0.717, 1.165) is 0 Å². The lowest BCUT2D eigenvalue weighted by atomic mass is 10.0. The highest BCUT2D eigenvalue weighted by molar-refractivity contribution is 5.81. The van der Waals surface area contributed by atoms with Gasteiger partial charge >= 0.3 is 11.7 Å². The second-order valence-electron chi connectivity index (χ2n) is 4.98. The van der Waals surface area contributed by atoms with E-state index in [-0.39, 0.29) is 11.4 Å². The number of nitrogens with zero attached hydrogens (tertiary/aromatic N) is 2. The molecule has 128 valence electrons. The Balaban J connectivity index is 2.40. The summed E-state index contributed by atoms with van der Waals surface area (Å²) in [5.74, 6) is -0.514. The van der Waals surface area contributed by atoms with Gasteiger partial charge in [-0.2, -0.15) is 5.26 Å². The predicted octanol–water partition coefficient (Wildman–Crippen LogP) is 2.80. The number of hydrogen-bond acceptors (Lipinski definition) is 7. The molecule has 8 heteroatoms. The Hall–Kier alpha value is -3.60. The molecule has 2 aromatic rings. The first kappa shape index (κ1) is 17.7. The van der Waals surface area contributed by atoms with Crippen molar-refractivity contribution in [1.29, 1.82) is 5.26 Å². The number of carbonyl (C=O) groups excluding carboxylic acids is 1. The van der Waals surface area contributed by atoms with Crippen LogP contribution in [0.15, 0.2) is 42.5 Å². The van der Waals surface area contributed by atoms with Crippen LogP contribution in [0.5, 0.6) is 5.75 Å². The van der Waals surface area contributed by atoms with Gasteiger partial charge in [-0.15, -0.1) is 0 Å². The maximum absolute atomic E-state index is 12.1. The molecule has 0 aliphatic rings. The minimum atomic E-state index is -0.956. The summed E-state index contributed by atoms with van der Waals surface area (Å²) >= 11 is 0. The summed E-state index contributed by atoms with van der Waals surface area (Å²) in [4.78, 5) is 22.7. The van der Waals surface area contributed by atoms with Gasteiger partial charge in [-0.05, 0) is 35.9 Å². The summed E-state index contributed by atoms with van der Waals surface area (Å²) in [7, 11) is 2.56. The molecular weight excluding hydrogens is 326 g/mol. The number of rotatable bonds is 6. The zero-order valence-corrected chi connectivity index (χ0v) is 13.6. The number of carbonyl (C=O) groups is 1. The highest BCUT2D eigenvalue weighted by Gasteiger charge is 2.25. The lowest BCUT2D eigenvalue weighted by Gasteiger charge is -2.18. The largest absolute Gasteiger partial charge is 0.490 e. The van der Waals surface area contributed by atoms with Gasteiger partial charge in [-0.25, -0.2) is 4.79 Å². The molecule has 1 unspecified atom stereocenters. The van der Waals surface area contributed by atoms with Crippen LogP contribution in [0.4, 0.5) is 11.4 Å². The van der Waals surface area contributed by atoms with Crippen molar-refractivity contribution in [2.45, 2.75) is 6.04 Å². The van der Waals surface area contributed by atoms with E-state index in [1.54, 1.807) is 30.3 Å². The molecule has 0 saturated carbocycles. The number of anilines is 1. The van der Waals surface area contributed by atoms with Crippen LogP contribution in [0.25, 0.3) is 0 Å². The standard InChI is InChI=1S/C17H15N3O5/c1-24-15-8-5-12(9-14(15)20(22)23)16(17(21)25-2)19-13-6-3-11(10-18)4-7-13/h3-9,16,19H,1-2H3. The molecule has 0 amide bonds. The van der Waals surface area contributed by atoms with Gasteiger partial charge in [0.1, 0.15) is 0 Å². The Kier molecular flexibility index (Phi) is 5.53. The summed E-state index contributed by atoms with van der Waals surface area (Å²) in [6, 6.07) is 11.7. The molecule has 0 spiro atoms. The molecule has 0 saturated heterocycles. The third-order valence-electron chi connectivity index (χ3n) is 3.49. The average molecular weight is 341 g/mol. The molecule has 8 nitrogen and oxygen atoms in total. The molecule has 0 aliphatic heterocycles. The number of hydrogen-bond donors (Lipinski definition) is 1. The molecule has 0 fully saturated rings. The maximum atomic E-state index is 12.1. The van der Waals surface area contributed by atoms with Crippen molar-refractivity contribution >= 4 is 17.3 Å². The van der Waals surface area contributed by atoms with E-state index in [4.69, 9.17) is 14.7 Å². The Morgan fingerprint density at radius 3 is 2.44 bits per heavy atom. The van der Waals surface area contributed by atoms with Crippen molar-refractivity contribution in [2.24, 2.45) is 0 Å². The number of nitriles is 1. The van der Waals surface area contributed by atoms with Crippen LogP contribution in [0.1, 0.15) is 17.2 Å². The van der Waals surface area contributed by atoms with E-state index < -0.39 is 16.9 Å². The predicted molar refractivity (Wildman–Crippen MR) is 89.2 cm³/mol. The van der Waals surface area contributed by atoms with Gasteiger partial charge in [0, 0.05) is 11.8 Å². The van der Waals surface area contributed by atoms with Crippen LogP contribution in [-0.2, 0) is 9.53 Å². The number of nitro groups is 1. The number of benzene rings is 2. The fourth-order valence-electron chi connectivity index (χ4n) is 2.23.